The van der Waals surface area contributed by atoms with Crippen molar-refractivity contribution in [1.29, 1.82) is 0 Å². The van der Waals surface area contributed by atoms with Gasteiger partial charge < -0.3 is 9.80 Å². The Balaban J connectivity index is 1.60. The Labute approximate surface area is 299 Å². The van der Waals surface area contributed by atoms with Crippen molar-refractivity contribution in [3.05, 3.63) is 84.2 Å². The Bertz CT molecular complexity index is 1030. The van der Waals surface area contributed by atoms with Gasteiger partial charge in [0.2, 0.25) is 0 Å². The van der Waals surface area contributed by atoms with Crippen LogP contribution in [-0.2, 0) is 6.42 Å². The van der Waals surface area contributed by atoms with Gasteiger partial charge in [-0.25, -0.2) is 0 Å². The van der Waals surface area contributed by atoms with E-state index in [1.807, 2.05) is 0 Å². The van der Waals surface area contributed by atoms with Crippen molar-refractivity contribution in [2.24, 2.45) is 0 Å². The van der Waals surface area contributed by atoms with E-state index in [0.717, 1.165) is 25.9 Å². The van der Waals surface area contributed by atoms with Crippen molar-refractivity contribution in [3.8, 4) is 0 Å². The van der Waals surface area contributed by atoms with Gasteiger partial charge in [-0.2, -0.15) is 0 Å². The van der Waals surface area contributed by atoms with Gasteiger partial charge in [0.1, 0.15) is 5.66 Å². The Morgan fingerprint density at radius 3 is 1.17 bits per heavy atom. The molecule has 0 N–H and O–H groups in total. The molecule has 0 bridgehead atoms. The van der Waals surface area contributed by atoms with Gasteiger partial charge in [-0.3, -0.25) is 0 Å². The molecule has 0 aliphatic carbocycles. The summed E-state index contributed by atoms with van der Waals surface area (Å²) in [6, 6.07) is 22.8. The summed E-state index contributed by atoms with van der Waals surface area (Å²) in [7, 11) is 0. The molecule has 2 nitrogen and oxygen atoms in total. The third kappa shape index (κ3) is 14.3. The number of unbranched alkanes of at least 4 members (excludes halogenated alkanes) is 21. The van der Waals surface area contributed by atoms with E-state index >= 15 is 0 Å². The van der Waals surface area contributed by atoms with Crippen LogP contribution in [0.5, 0.6) is 0 Å². The second kappa shape index (κ2) is 25.7. The fraction of sp³-hybridized carbons (Fsp3) is 0.696. The van der Waals surface area contributed by atoms with Crippen molar-refractivity contribution < 1.29 is 0 Å². The minimum absolute atomic E-state index is 0.0618. The molecule has 2 unspecified atom stereocenters. The van der Waals surface area contributed by atoms with Crippen molar-refractivity contribution in [2.45, 2.75) is 193 Å². The smallest absolute Gasteiger partial charge is 0.123 e. The maximum Gasteiger partial charge on any atom is 0.123 e. The van der Waals surface area contributed by atoms with E-state index in [2.05, 4.69) is 104 Å². The molecule has 1 aliphatic heterocycles. The first-order valence-electron chi connectivity index (χ1n) is 21.1. The molecule has 0 saturated heterocycles. The van der Waals surface area contributed by atoms with E-state index in [1.54, 1.807) is 0 Å². The molecule has 48 heavy (non-hydrogen) atoms. The van der Waals surface area contributed by atoms with Crippen LogP contribution in [0.25, 0.3) is 0 Å². The first-order chi connectivity index (χ1) is 23.8. The summed E-state index contributed by atoms with van der Waals surface area (Å²) in [5, 5.41) is 0. The van der Waals surface area contributed by atoms with Gasteiger partial charge in [-0.15, -0.1) is 0 Å². The second-order valence-corrected chi connectivity index (χ2v) is 15.0. The van der Waals surface area contributed by atoms with Crippen LogP contribution >= 0.6 is 0 Å². The molecule has 0 saturated carbocycles. The lowest BCUT2D eigenvalue weighted by Crippen LogP contribution is -2.59. The fourth-order valence-electron chi connectivity index (χ4n) is 8.33. The van der Waals surface area contributed by atoms with Crippen LogP contribution in [0.2, 0.25) is 0 Å². The first-order valence-corrected chi connectivity index (χ1v) is 21.1. The fourth-order valence-corrected chi connectivity index (χ4v) is 8.33. The average Bonchev–Trinajstić information content (AvgIpc) is 3.45. The molecule has 2 heteroatoms. The highest BCUT2D eigenvalue weighted by Gasteiger charge is 2.49. The molecule has 0 radical (unpaired) electrons. The summed E-state index contributed by atoms with van der Waals surface area (Å²) in [4.78, 5) is 5.57. The van der Waals surface area contributed by atoms with Crippen molar-refractivity contribution in [3.63, 3.8) is 0 Å². The van der Waals surface area contributed by atoms with Crippen molar-refractivity contribution >= 4 is 0 Å². The predicted octanol–water partition coefficient (Wildman–Crippen LogP) is 14.2. The zero-order valence-corrected chi connectivity index (χ0v) is 32.0. The Morgan fingerprint density at radius 2 is 0.792 bits per heavy atom. The Kier molecular flexibility index (Phi) is 21.5. The molecule has 0 amide bonds. The molecule has 0 fully saturated rings. The van der Waals surface area contributed by atoms with Gasteiger partial charge in [0, 0.05) is 37.8 Å². The largest absolute Gasteiger partial charge is 0.353 e. The summed E-state index contributed by atoms with van der Waals surface area (Å²) in [5.74, 6) is 0.443. The molecular formula is C46H76N2. The highest BCUT2D eigenvalue weighted by atomic mass is 15.4. The molecule has 2 aromatic rings. The monoisotopic (exact) mass is 657 g/mol. The van der Waals surface area contributed by atoms with Crippen LogP contribution in [0, 0.1) is 0 Å². The standard InChI is InChI=1S/C46H76N2/c1-4-7-9-11-13-15-17-19-21-23-25-33-39-48-41-40-47(38-32-24-22-20-18-16-14-12-10-8-5-2)46(48,42-43-34-28-26-29-35-43)45(6-3)44-36-30-27-31-37-44/h26-31,34-37,40-41,45H,4-25,32-33,38-39,42H2,1-3H3. The second-order valence-electron chi connectivity index (χ2n) is 15.0. The lowest BCUT2D eigenvalue weighted by Gasteiger charge is -2.51. The van der Waals surface area contributed by atoms with Crippen LogP contribution < -0.4 is 0 Å². The maximum absolute atomic E-state index is 2.79. The number of nitrogens with zero attached hydrogens (tertiary/aromatic N) is 2. The molecular weight excluding hydrogens is 581 g/mol. The van der Waals surface area contributed by atoms with Crippen LogP contribution in [0.15, 0.2) is 73.1 Å². The summed E-state index contributed by atoms with van der Waals surface area (Å²) in [6.07, 6.45) is 39.3. The number of rotatable bonds is 30. The van der Waals surface area contributed by atoms with E-state index in [0.29, 0.717) is 5.92 Å². The summed E-state index contributed by atoms with van der Waals surface area (Å²) < 4.78 is 0. The average molecular weight is 657 g/mol. The zero-order chi connectivity index (χ0) is 34.0. The first kappa shape index (κ1) is 40.2. The third-order valence-electron chi connectivity index (χ3n) is 11.2. The third-order valence-corrected chi connectivity index (χ3v) is 11.2. The van der Waals surface area contributed by atoms with Gasteiger partial charge in [0.15, 0.2) is 0 Å². The molecule has 0 aromatic heterocycles. The van der Waals surface area contributed by atoms with E-state index in [4.69, 9.17) is 0 Å². The lowest BCUT2D eigenvalue weighted by atomic mass is 9.78. The maximum atomic E-state index is 2.79. The van der Waals surface area contributed by atoms with Gasteiger partial charge in [0.25, 0.3) is 0 Å². The summed E-state index contributed by atoms with van der Waals surface area (Å²) in [5.41, 5.74) is 2.88. The summed E-state index contributed by atoms with van der Waals surface area (Å²) in [6.45, 7) is 9.35. The van der Waals surface area contributed by atoms with Crippen molar-refractivity contribution in [1.82, 2.24) is 9.80 Å². The van der Waals surface area contributed by atoms with Crippen LogP contribution in [-0.4, -0.2) is 28.6 Å². The topological polar surface area (TPSA) is 6.48 Å². The minimum Gasteiger partial charge on any atom is -0.353 e. The number of benzene rings is 2. The lowest BCUT2D eigenvalue weighted by molar-refractivity contribution is -0.00378. The van der Waals surface area contributed by atoms with Gasteiger partial charge in [-0.1, -0.05) is 216 Å². The molecule has 2 aromatic carbocycles. The van der Waals surface area contributed by atoms with E-state index in [9.17, 15) is 0 Å². The zero-order valence-electron chi connectivity index (χ0n) is 32.0. The van der Waals surface area contributed by atoms with Crippen LogP contribution in [0.4, 0.5) is 0 Å². The summed E-state index contributed by atoms with van der Waals surface area (Å²) >= 11 is 0. The molecule has 0 spiro atoms. The Morgan fingerprint density at radius 1 is 0.438 bits per heavy atom. The normalized spacial score (nSPS) is 16.6. The molecule has 3 rings (SSSR count). The quantitative estimate of drug-likeness (QED) is 0.0772. The predicted molar refractivity (Wildman–Crippen MR) is 212 cm³/mol. The highest BCUT2D eigenvalue weighted by molar-refractivity contribution is 5.30. The van der Waals surface area contributed by atoms with Gasteiger partial charge in [-0.05, 0) is 30.4 Å². The van der Waals surface area contributed by atoms with Gasteiger partial charge in [0.05, 0.1) is 0 Å². The highest BCUT2D eigenvalue weighted by Crippen LogP contribution is 2.45. The molecule has 1 aliphatic rings. The number of hydrogen-bond donors (Lipinski definition) is 0. The molecule has 1 heterocycles. The SMILES string of the molecule is CCCCCCCCCCCCCCN1C=CN(CCCCCCCCCCCCC)C1(Cc1ccccc1)C(CC)c1ccccc1. The molecule has 270 valence electrons. The number of hydrogen-bond acceptors (Lipinski definition) is 2. The van der Waals surface area contributed by atoms with E-state index in [1.165, 1.54) is 159 Å². The van der Waals surface area contributed by atoms with Crippen molar-refractivity contribution in [2.75, 3.05) is 13.1 Å². The van der Waals surface area contributed by atoms with E-state index < -0.39 is 0 Å². The van der Waals surface area contributed by atoms with Crippen LogP contribution in [0.3, 0.4) is 0 Å². The van der Waals surface area contributed by atoms with E-state index in [-0.39, 0.29) is 5.66 Å². The van der Waals surface area contributed by atoms with Gasteiger partial charge >= 0.3 is 0 Å². The minimum atomic E-state index is -0.0618. The van der Waals surface area contributed by atoms with Crippen LogP contribution in [0.1, 0.15) is 192 Å². The Hall–Kier alpha value is -2.22. The molecule has 2 atom stereocenters.